The molecule has 28 heavy (non-hydrogen) atoms. The zero-order chi connectivity index (χ0) is 20.1. The Labute approximate surface area is 164 Å². The van der Waals surface area contributed by atoms with Crippen molar-refractivity contribution in [2.45, 2.75) is 44.2 Å². The van der Waals surface area contributed by atoms with E-state index in [2.05, 4.69) is 10.6 Å². The van der Waals surface area contributed by atoms with Gasteiger partial charge < -0.3 is 15.5 Å². The lowest BCUT2D eigenvalue weighted by Gasteiger charge is -2.35. The van der Waals surface area contributed by atoms with Crippen LogP contribution in [-0.4, -0.2) is 59.2 Å². The van der Waals surface area contributed by atoms with E-state index in [9.17, 15) is 19.2 Å². The van der Waals surface area contributed by atoms with Crippen LogP contribution in [0, 0.1) is 0 Å². The molecule has 0 radical (unpaired) electrons. The summed E-state index contributed by atoms with van der Waals surface area (Å²) in [6, 6.07) is 8.98. The number of hydrogen-bond acceptors (Lipinski definition) is 4. The maximum absolute atomic E-state index is 12.8. The van der Waals surface area contributed by atoms with E-state index in [4.69, 9.17) is 0 Å². The normalized spacial score (nSPS) is 18.5. The number of amides is 5. The summed E-state index contributed by atoms with van der Waals surface area (Å²) in [5.41, 5.74) is 0.152. The summed E-state index contributed by atoms with van der Waals surface area (Å²) in [6.45, 7) is -0.204. The third-order valence-electron chi connectivity index (χ3n) is 5.56. The van der Waals surface area contributed by atoms with Gasteiger partial charge in [0.05, 0.1) is 6.54 Å². The van der Waals surface area contributed by atoms with Crippen LogP contribution in [0.4, 0.5) is 4.79 Å². The minimum absolute atomic E-state index is 0.205. The molecule has 2 aliphatic rings. The SMILES string of the molecule is CN1C(=O)N(CC(=O)NCC(=O)NCc2ccccc2)C(=O)C12CCCCC2. The molecule has 3 rings (SSSR count). The Kier molecular flexibility index (Phi) is 5.96. The van der Waals surface area contributed by atoms with Gasteiger partial charge in [0.1, 0.15) is 12.1 Å². The second kappa shape index (κ2) is 8.41. The molecule has 150 valence electrons. The van der Waals surface area contributed by atoms with Gasteiger partial charge in [0.15, 0.2) is 0 Å². The minimum atomic E-state index is -0.803. The summed E-state index contributed by atoms with van der Waals surface area (Å²) in [5, 5.41) is 5.19. The highest BCUT2D eigenvalue weighted by Crippen LogP contribution is 2.39. The van der Waals surface area contributed by atoms with E-state index in [0.717, 1.165) is 29.7 Å². The van der Waals surface area contributed by atoms with Gasteiger partial charge in [-0.05, 0) is 18.4 Å². The molecule has 2 N–H and O–H groups in total. The van der Waals surface area contributed by atoms with Crippen molar-refractivity contribution in [3.63, 3.8) is 0 Å². The van der Waals surface area contributed by atoms with Crippen LogP contribution in [0.2, 0.25) is 0 Å². The topological polar surface area (TPSA) is 98.8 Å². The number of nitrogens with zero attached hydrogens (tertiary/aromatic N) is 2. The van der Waals surface area contributed by atoms with Crippen molar-refractivity contribution in [2.24, 2.45) is 0 Å². The first-order valence-corrected chi connectivity index (χ1v) is 9.61. The molecule has 0 atom stereocenters. The summed E-state index contributed by atoms with van der Waals surface area (Å²) in [5.74, 6) is -1.17. The van der Waals surface area contributed by atoms with Gasteiger partial charge in [-0.25, -0.2) is 4.79 Å². The third kappa shape index (κ3) is 4.00. The molecule has 8 nitrogen and oxygen atoms in total. The van der Waals surface area contributed by atoms with E-state index in [1.807, 2.05) is 30.3 Å². The first-order valence-electron chi connectivity index (χ1n) is 9.61. The van der Waals surface area contributed by atoms with Gasteiger partial charge in [0, 0.05) is 13.6 Å². The smallest absolute Gasteiger partial charge is 0.327 e. The second-order valence-corrected chi connectivity index (χ2v) is 7.36. The largest absolute Gasteiger partial charge is 0.350 e. The van der Waals surface area contributed by atoms with Gasteiger partial charge >= 0.3 is 6.03 Å². The lowest BCUT2D eigenvalue weighted by atomic mass is 9.81. The molecule has 1 aliphatic heterocycles. The summed E-state index contributed by atoms with van der Waals surface area (Å²) in [4.78, 5) is 51.9. The van der Waals surface area contributed by atoms with Crippen molar-refractivity contribution in [1.29, 1.82) is 0 Å². The van der Waals surface area contributed by atoms with Crippen LogP contribution in [0.1, 0.15) is 37.7 Å². The molecule has 1 saturated carbocycles. The highest BCUT2D eigenvalue weighted by atomic mass is 16.2. The molecule has 1 spiro atoms. The van der Waals surface area contributed by atoms with Gasteiger partial charge in [-0.3, -0.25) is 19.3 Å². The number of hydrogen-bond donors (Lipinski definition) is 2. The zero-order valence-corrected chi connectivity index (χ0v) is 16.1. The average Bonchev–Trinajstić information content (AvgIpc) is 2.88. The Morgan fingerprint density at radius 2 is 1.68 bits per heavy atom. The van der Waals surface area contributed by atoms with E-state index >= 15 is 0 Å². The fraction of sp³-hybridized carbons (Fsp3) is 0.500. The molecule has 1 aliphatic carbocycles. The van der Waals surface area contributed by atoms with E-state index in [-0.39, 0.29) is 24.9 Å². The number of likely N-dealkylation sites (N-methyl/N-ethyl adjacent to an activating group) is 1. The maximum atomic E-state index is 12.8. The number of carbonyl (C=O) groups is 4. The molecule has 1 saturated heterocycles. The van der Waals surface area contributed by atoms with Crippen LogP contribution >= 0.6 is 0 Å². The number of benzene rings is 1. The summed E-state index contributed by atoms with van der Waals surface area (Å²) >= 11 is 0. The van der Waals surface area contributed by atoms with E-state index in [1.54, 1.807) is 7.05 Å². The fourth-order valence-corrected chi connectivity index (χ4v) is 3.91. The monoisotopic (exact) mass is 386 g/mol. The number of nitrogens with one attached hydrogen (secondary N) is 2. The van der Waals surface area contributed by atoms with Crippen LogP contribution in [-0.2, 0) is 20.9 Å². The van der Waals surface area contributed by atoms with Crippen LogP contribution < -0.4 is 10.6 Å². The quantitative estimate of drug-likeness (QED) is 0.713. The molecule has 1 aromatic carbocycles. The number of urea groups is 1. The van der Waals surface area contributed by atoms with E-state index in [1.165, 1.54) is 4.90 Å². The first-order chi connectivity index (χ1) is 13.4. The molecule has 1 aromatic rings. The number of imide groups is 1. The van der Waals surface area contributed by atoms with Crippen LogP contribution in [0.5, 0.6) is 0 Å². The van der Waals surface area contributed by atoms with Gasteiger partial charge in [-0.2, -0.15) is 0 Å². The Bertz CT molecular complexity index is 759. The summed E-state index contributed by atoms with van der Waals surface area (Å²) in [6.07, 6.45) is 4.10. The average molecular weight is 386 g/mol. The predicted molar refractivity (Wildman–Crippen MR) is 102 cm³/mol. The third-order valence-corrected chi connectivity index (χ3v) is 5.56. The van der Waals surface area contributed by atoms with Crippen LogP contribution in [0.3, 0.4) is 0 Å². The Balaban J connectivity index is 1.48. The van der Waals surface area contributed by atoms with Crippen molar-refractivity contribution in [2.75, 3.05) is 20.1 Å². The summed E-state index contributed by atoms with van der Waals surface area (Å²) in [7, 11) is 1.63. The molecule has 1 heterocycles. The molecule has 0 aromatic heterocycles. The molecule has 0 unspecified atom stereocenters. The highest BCUT2D eigenvalue weighted by Gasteiger charge is 2.55. The minimum Gasteiger partial charge on any atom is -0.350 e. The van der Waals surface area contributed by atoms with Crippen LogP contribution in [0.25, 0.3) is 0 Å². The van der Waals surface area contributed by atoms with Gasteiger partial charge in [0.25, 0.3) is 5.91 Å². The predicted octanol–water partition coefficient (Wildman–Crippen LogP) is 1.02. The summed E-state index contributed by atoms with van der Waals surface area (Å²) < 4.78 is 0. The molecule has 5 amide bonds. The molecular weight excluding hydrogens is 360 g/mol. The fourth-order valence-electron chi connectivity index (χ4n) is 3.91. The lowest BCUT2D eigenvalue weighted by Crippen LogP contribution is -2.49. The maximum Gasteiger partial charge on any atom is 0.327 e. The van der Waals surface area contributed by atoms with E-state index < -0.39 is 17.5 Å². The standard InChI is InChI=1S/C20H26N4O4/c1-23-19(28)24(18(27)20(23)10-6-3-7-11-20)14-17(26)22-13-16(25)21-12-15-8-4-2-5-9-15/h2,4-5,8-9H,3,6-7,10-14H2,1H3,(H,21,25)(H,22,26). The Morgan fingerprint density at radius 1 is 1.00 bits per heavy atom. The second-order valence-electron chi connectivity index (χ2n) is 7.36. The van der Waals surface area contributed by atoms with Gasteiger partial charge in [-0.1, -0.05) is 49.6 Å². The Morgan fingerprint density at radius 3 is 2.36 bits per heavy atom. The molecule has 8 heteroatoms. The van der Waals surface area contributed by atoms with Crippen molar-refractivity contribution in [3.8, 4) is 0 Å². The molecular formula is C20H26N4O4. The molecule has 2 fully saturated rings. The van der Waals surface area contributed by atoms with Gasteiger partial charge in [-0.15, -0.1) is 0 Å². The Hall–Kier alpha value is -2.90. The zero-order valence-electron chi connectivity index (χ0n) is 16.1. The number of rotatable bonds is 6. The van der Waals surface area contributed by atoms with Crippen molar-refractivity contribution < 1.29 is 19.2 Å². The van der Waals surface area contributed by atoms with Crippen molar-refractivity contribution >= 4 is 23.8 Å². The first kappa shape index (κ1) is 19.9. The van der Waals surface area contributed by atoms with Gasteiger partial charge in [0.2, 0.25) is 11.8 Å². The van der Waals surface area contributed by atoms with Crippen LogP contribution in [0.15, 0.2) is 30.3 Å². The van der Waals surface area contributed by atoms with Crippen molar-refractivity contribution in [1.82, 2.24) is 20.4 Å². The number of carbonyl (C=O) groups excluding carboxylic acids is 4. The molecule has 0 bridgehead atoms. The lowest BCUT2D eigenvalue weighted by molar-refractivity contribution is -0.137. The van der Waals surface area contributed by atoms with E-state index in [0.29, 0.717) is 19.4 Å². The van der Waals surface area contributed by atoms with Crippen molar-refractivity contribution in [3.05, 3.63) is 35.9 Å². The highest BCUT2D eigenvalue weighted by molar-refractivity contribution is 6.09.